The molecule has 1 fully saturated rings. The molecule has 34 heavy (non-hydrogen) atoms. The van der Waals surface area contributed by atoms with E-state index in [0.29, 0.717) is 49.3 Å². The molecule has 3 rings (SSSR count). The summed E-state index contributed by atoms with van der Waals surface area (Å²) in [5.74, 6) is 0.281. The highest BCUT2D eigenvalue weighted by atomic mass is 16.5. The van der Waals surface area contributed by atoms with Gasteiger partial charge in [0, 0.05) is 18.7 Å². The summed E-state index contributed by atoms with van der Waals surface area (Å²) >= 11 is 0. The Morgan fingerprint density at radius 1 is 1.00 bits per heavy atom. The third kappa shape index (κ3) is 5.78. The van der Waals surface area contributed by atoms with E-state index in [9.17, 15) is 14.7 Å². The summed E-state index contributed by atoms with van der Waals surface area (Å²) in [4.78, 5) is 29.6. The molecule has 182 valence electrons. The van der Waals surface area contributed by atoms with Crippen LogP contribution in [0, 0.1) is 5.92 Å². The number of rotatable bonds is 10. The number of aliphatic hydroxyl groups excluding tert-OH is 1. The normalized spacial score (nSPS) is 17.6. The van der Waals surface area contributed by atoms with Gasteiger partial charge in [0.25, 0.3) is 11.7 Å². The lowest BCUT2D eigenvalue weighted by Crippen LogP contribution is -2.35. The van der Waals surface area contributed by atoms with E-state index in [-0.39, 0.29) is 11.3 Å². The smallest absolute Gasteiger partial charge is 0.295 e. The summed E-state index contributed by atoms with van der Waals surface area (Å²) in [7, 11) is 3.82. The second-order valence-electron chi connectivity index (χ2n) is 9.03. The Morgan fingerprint density at radius 3 is 2.15 bits per heavy atom. The van der Waals surface area contributed by atoms with Gasteiger partial charge < -0.3 is 24.4 Å². The fourth-order valence-electron chi connectivity index (χ4n) is 3.81. The quantitative estimate of drug-likeness (QED) is 0.323. The van der Waals surface area contributed by atoms with Gasteiger partial charge in [0.15, 0.2) is 0 Å². The standard InChI is InChI=1S/C27H34N2O5/c1-6-33-21-11-7-19(8-12-21)24-23(26(31)27(32)29(24)16-15-28(4)5)25(30)20-9-13-22(14-10-20)34-17-18(2)3/h7-14,18,24,30H,6,15-17H2,1-5H3/t24-/m1/s1. The Kier molecular flexibility index (Phi) is 8.34. The van der Waals surface area contributed by atoms with Crippen LogP contribution in [0.25, 0.3) is 5.76 Å². The zero-order valence-electron chi connectivity index (χ0n) is 20.6. The zero-order valence-corrected chi connectivity index (χ0v) is 20.6. The topological polar surface area (TPSA) is 79.3 Å². The molecule has 0 unspecified atom stereocenters. The minimum absolute atomic E-state index is 0.0868. The predicted octanol–water partition coefficient (Wildman–Crippen LogP) is 4.10. The van der Waals surface area contributed by atoms with Crippen molar-refractivity contribution in [3.05, 3.63) is 65.2 Å². The van der Waals surface area contributed by atoms with Gasteiger partial charge in [0.2, 0.25) is 0 Å². The molecule has 1 N–H and O–H groups in total. The molecular weight excluding hydrogens is 432 g/mol. The fourth-order valence-corrected chi connectivity index (χ4v) is 3.81. The summed E-state index contributed by atoms with van der Waals surface area (Å²) < 4.78 is 11.2. The van der Waals surface area contributed by atoms with E-state index in [1.54, 1.807) is 24.3 Å². The Hall–Kier alpha value is -3.32. The first kappa shape index (κ1) is 25.3. The van der Waals surface area contributed by atoms with Crippen molar-refractivity contribution in [3.8, 4) is 11.5 Å². The van der Waals surface area contributed by atoms with Gasteiger partial charge in [0.1, 0.15) is 17.3 Å². The summed E-state index contributed by atoms with van der Waals surface area (Å²) in [5.41, 5.74) is 1.28. The van der Waals surface area contributed by atoms with Gasteiger partial charge in [-0.25, -0.2) is 0 Å². The molecule has 1 saturated heterocycles. The monoisotopic (exact) mass is 466 g/mol. The number of aliphatic hydroxyl groups is 1. The lowest BCUT2D eigenvalue weighted by molar-refractivity contribution is -0.140. The maximum Gasteiger partial charge on any atom is 0.295 e. The Labute approximate surface area is 201 Å². The zero-order chi connectivity index (χ0) is 24.8. The first-order chi connectivity index (χ1) is 16.2. The van der Waals surface area contributed by atoms with Gasteiger partial charge in [-0.15, -0.1) is 0 Å². The minimum atomic E-state index is -0.688. The maximum atomic E-state index is 13.1. The first-order valence-electron chi connectivity index (χ1n) is 11.6. The number of likely N-dealkylation sites (N-methyl/N-ethyl adjacent to an activating group) is 1. The third-order valence-corrected chi connectivity index (χ3v) is 5.55. The van der Waals surface area contributed by atoms with E-state index < -0.39 is 17.7 Å². The molecule has 0 radical (unpaired) electrons. The number of likely N-dealkylation sites (tertiary alicyclic amines) is 1. The van der Waals surface area contributed by atoms with Gasteiger partial charge in [0.05, 0.1) is 24.8 Å². The molecule has 0 spiro atoms. The average molecular weight is 467 g/mol. The van der Waals surface area contributed by atoms with Gasteiger partial charge >= 0.3 is 0 Å². The van der Waals surface area contributed by atoms with Crippen molar-refractivity contribution in [2.24, 2.45) is 5.92 Å². The van der Waals surface area contributed by atoms with Crippen molar-refractivity contribution in [3.63, 3.8) is 0 Å². The third-order valence-electron chi connectivity index (χ3n) is 5.55. The highest BCUT2D eigenvalue weighted by Crippen LogP contribution is 2.39. The molecule has 2 aromatic rings. The lowest BCUT2D eigenvalue weighted by atomic mass is 9.95. The second-order valence-corrected chi connectivity index (χ2v) is 9.03. The van der Waals surface area contributed by atoms with Crippen molar-refractivity contribution in [2.75, 3.05) is 40.4 Å². The van der Waals surface area contributed by atoms with Gasteiger partial charge in [-0.3, -0.25) is 9.59 Å². The van der Waals surface area contributed by atoms with Crippen LogP contribution < -0.4 is 9.47 Å². The van der Waals surface area contributed by atoms with E-state index in [1.807, 2.05) is 50.2 Å². The van der Waals surface area contributed by atoms with Crippen molar-refractivity contribution < 1.29 is 24.2 Å². The summed E-state index contributed by atoms with van der Waals surface area (Å²) in [6, 6.07) is 13.5. The predicted molar refractivity (Wildman–Crippen MR) is 132 cm³/mol. The van der Waals surface area contributed by atoms with Gasteiger partial charge in [-0.2, -0.15) is 0 Å². The Balaban J connectivity index is 2.01. The molecule has 0 bridgehead atoms. The van der Waals surface area contributed by atoms with E-state index >= 15 is 0 Å². The van der Waals surface area contributed by atoms with E-state index in [1.165, 1.54) is 4.90 Å². The molecule has 1 atom stereocenters. The van der Waals surface area contributed by atoms with Crippen LogP contribution in [-0.4, -0.2) is 67.0 Å². The van der Waals surface area contributed by atoms with Crippen LogP contribution in [0.15, 0.2) is 54.1 Å². The number of ketones is 1. The van der Waals surface area contributed by atoms with Crippen LogP contribution >= 0.6 is 0 Å². The molecule has 7 nitrogen and oxygen atoms in total. The minimum Gasteiger partial charge on any atom is -0.507 e. The molecule has 2 aromatic carbocycles. The molecule has 7 heteroatoms. The Bertz CT molecular complexity index is 1030. The first-order valence-corrected chi connectivity index (χ1v) is 11.6. The number of hydrogen-bond acceptors (Lipinski definition) is 6. The molecule has 1 aliphatic rings. The highest BCUT2D eigenvalue weighted by Gasteiger charge is 2.45. The molecular formula is C27H34N2O5. The van der Waals surface area contributed by atoms with Crippen molar-refractivity contribution >= 4 is 17.4 Å². The van der Waals surface area contributed by atoms with Crippen LogP contribution in [0.5, 0.6) is 11.5 Å². The molecule has 1 aliphatic heterocycles. The summed E-state index contributed by atoms with van der Waals surface area (Å²) in [5, 5.41) is 11.2. The van der Waals surface area contributed by atoms with Gasteiger partial charge in [-0.1, -0.05) is 26.0 Å². The Morgan fingerprint density at radius 2 is 1.59 bits per heavy atom. The summed E-state index contributed by atoms with van der Waals surface area (Å²) in [6.45, 7) is 8.10. The van der Waals surface area contributed by atoms with E-state index in [0.717, 1.165) is 5.56 Å². The van der Waals surface area contributed by atoms with Crippen molar-refractivity contribution in [1.29, 1.82) is 0 Å². The number of amides is 1. The highest BCUT2D eigenvalue weighted by molar-refractivity contribution is 6.46. The second kappa shape index (κ2) is 11.2. The van der Waals surface area contributed by atoms with E-state index in [2.05, 4.69) is 13.8 Å². The fraction of sp³-hybridized carbons (Fsp3) is 0.407. The molecule has 1 amide bonds. The van der Waals surface area contributed by atoms with Crippen LogP contribution in [-0.2, 0) is 9.59 Å². The van der Waals surface area contributed by atoms with Crippen LogP contribution in [0.4, 0.5) is 0 Å². The summed E-state index contributed by atoms with van der Waals surface area (Å²) in [6.07, 6.45) is 0. The van der Waals surface area contributed by atoms with Crippen LogP contribution in [0.2, 0.25) is 0 Å². The number of carbonyl (C=O) groups is 2. The van der Waals surface area contributed by atoms with Crippen molar-refractivity contribution in [1.82, 2.24) is 9.80 Å². The SMILES string of the molecule is CCOc1ccc([C@@H]2C(=C(O)c3ccc(OCC(C)C)cc3)C(=O)C(=O)N2CCN(C)C)cc1. The lowest BCUT2D eigenvalue weighted by Gasteiger charge is -2.26. The number of nitrogens with zero attached hydrogens (tertiary/aromatic N) is 2. The van der Waals surface area contributed by atoms with Crippen LogP contribution in [0.1, 0.15) is 37.9 Å². The molecule has 1 heterocycles. The van der Waals surface area contributed by atoms with Gasteiger partial charge in [-0.05, 0) is 68.9 Å². The molecule has 0 aromatic heterocycles. The average Bonchev–Trinajstić information content (AvgIpc) is 3.06. The van der Waals surface area contributed by atoms with Crippen LogP contribution in [0.3, 0.4) is 0 Å². The molecule has 0 saturated carbocycles. The number of Topliss-reactive ketones (excluding diaryl/α,β-unsaturated/α-hetero) is 1. The number of ether oxygens (including phenoxy) is 2. The number of benzene rings is 2. The number of carbonyl (C=O) groups excluding carboxylic acids is 2. The van der Waals surface area contributed by atoms with E-state index in [4.69, 9.17) is 9.47 Å². The maximum absolute atomic E-state index is 13.1. The number of hydrogen-bond donors (Lipinski definition) is 1. The van der Waals surface area contributed by atoms with Crippen molar-refractivity contribution in [2.45, 2.75) is 26.8 Å². The largest absolute Gasteiger partial charge is 0.507 e. The molecule has 0 aliphatic carbocycles.